The van der Waals surface area contributed by atoms with Gasteiger partial charge in [-0.2, -0.15) is 0 Å². The first-order chi connectivity index (χ1) is 6.00. The van der Waals surface area contributed by atoms with Crippen LogP contribution >= 0.6 is 0 Å². The summed E-state index contributed by atoms with van der Waals surface area (Å²) in [6, 6.07) is 0. The normalized spacial score (nSPS) is 9.67. The third-order valence-corrected chi connectivity index (χ3v) is 0. The van der Waals surface area contributed by atoms with Gasteiger partial charge < -0.3 is 27.3 Å². The molecule has 18 heteroatoms. The van der Waals surface area contributed by atoms with Crippen LogP contribution in [0.5, 0.6) is 0 Å². The molecule has 0 heterocycles. The van der Waals surface area contributed by atoms with Gasteiger partial charge in [-0.3, -0.25) is 25.3 Å². The molecule has 0 fully saturated rings. The fourth-order valence-electron chi connectivity index (χ4n) is 0. The first-order valence-electron chi connectivity index (χ1n) is 2.00. The van der Waals surface area contributed by atoms with Crippen LogP contribution in [-0.4, -0.2) is 166 Å². The number of rotatable bonds is 0. The molecule has 12 nitrogen and oxygen atoms in total. The Balaban J connectivity index is -0.0000000277. The molecule has 0 aromatic rings. The first kappa shape index (κ1) is 37.5. The Kier molecular flexibility index (Phi) is 34.9. The molecule has 0 amide bonds. The van der Waals surface area contributed by atoms with E-state index in [0.29, 0.717) is 0 Å². The van der Waals surface area contributed by atoms with Crippen molar-refractivity contribution in [3.8, 4) is 0 Å². The Morgan fingerprint density at radius 1 is 0.389 bits per heavy atom. The zero-order chi connectivity index (χ0) is 13.5. The van der Waals surface area contributed by atoms with E-state index in [1.165, 1.54) is 0 Å². The van der Waals surface area contributed by atoms with E-state index in [9.17, 15) is 0 Å². The van der Waals surface area contributed by atoms with E-state index in [4.69, 9.17) is 52.6 Å². The first-order valence-corrected chi connectivity index (χ1v) is 6.00. The minimum Gasteiger partial charge on any atom is -0.759 e. The fourth-order valence-corrected chi connectivity index (χ4v) is 0. The van der Waals surface area contributed by atoms with Crippen molar-refractivity contribution in [3.05, 3.63) is 0 Å². The third kappa shape index (κ3) is 571. The Hall–Kier alpha value is 3.39. The van der Waals surface area contributed by atoms with E-state index in [0.717, 1.165) is 0 Å². The van der Waals surface area contributed by atoms with Gasteiger partial charge in [0, 0.05) is 31.2 Å². The van der Waals surface area contributed by atoms with Gasteiger partial charge in [0.15, 0.2) is 0 Å². The molecule has 0 unspecified atom stereocenters. The van der Waals surface area contributed by atoms with Gasteiger partial charge in [-0.05, 0) is 0 Å². The van der Waals surface area contributed by atoms with Crippen LogP contribution in [0.15, 0.2) is 0 Å². The van der Waals surface area contributed by atoms with Gasteiger partial charge in [0.2, 0.25) is 0 Å². The Morgan fingerprint density at radius 2 is 0.389 bits per heavy atom. The summed E-state index contributed by atoms with van der Waals surface area (Å²) >= 11 is 0. The van der Waals surface area contributed by atoms with Crippen LogP contribution in [0.1, 0.15) is 0 Å². The van der Waals surface area contributed by atoms with Gasteiger partial charge >= 0.3 is 113 Å². The van der Waals surface area contributed by atoms with Crippen LogP contribution in [0, 0.1) is 0 Å². The predicted molar refractivity (Wildman–Crippen MR) is 48.7 cm³/mol. The second-order valence-corrected chi connectivity index (χ2v) is 3.67. The Labute approximate surface area is 193 Å². The maximum Gasteiger partial charge on any atom is 2.00 e. The molecular formula is Ca3O12S3. The summed E-state index contributed by atoms with van der Waals surface area (Å²) in [6.07, 6.45) is 0. The Morgan fingerprint density at radius 3 is 0.389 bits per heavy atom. The minimum absolute atomic E-state index is 0. The zero-order valence-corrected chi connectivity index (χ0v) is 17.3. The van der Waals surface area contributed by atoms with E-state index in [1.54, 1.807) is 0 Å². The van der Waals surface area contributed by atoms with E-state index >= 15 is 0 Å². The fraction of sp³-hybridized carbons (Fsp3) is 0. The summed E-state index contributed by atoms with van der Waals surface area (Å²) < 4.78 is 102. The van der Waals surface area contributed by atoms with Crippen molar-refractivity contribution in [1.29, 1.82) is 0 Å². The molecule has 0 aromatic heterocycles. The van der Waals surface area contributed by atoms with Gasteiger partial charge in [-0.15, -0.1) is 0 Å². The smallest absolute Gasteiger partial charge is 0.759 e. The molecule has 0 N–H and O–H groups in total. The minimum atomic E-state index is -5.17. The topological polar surface area (TPSA) is 241 Å². The second kappa shape index (κ2) is 16.8. The van der Waals surface area contributed by atoms with Gasteiger partial charge in [-0.1, -0.05) is 0 Å². The van der Waals surface area contributed by atoms with E-state index in [-0.39, 0.29) is 113 Å². The molecule has 0 saturated heterocycles. The van der Waals surface area contributed by atoms with Crippen molar-refractivity contribution in [2.24, 2.45) is 0 Å². The van der Waals surface area contributed by atoms with Crippen molar-refractivity contribution in [1.82, 2.24) is 0 Å². The van der Waals surface area contributed by atoms with Crippen LogP contribution < -0.4 is 0 Å². The summed E-state index contributed by atoms with van der Waals surface area (Å²) in [5, 5.41) is 0. The summed E-state index contributed by atoms with van der Waals surface area (Å²) in [5.74, 6) is 0. The van der Waals surface area contributed by atoms with E-state index in [1.807, 2.05) is 0 Å². The molecule has 0 bridgehead atoms. The van der Waals surface area contributed by atoms with Crippen LogP contribution in [0.2, 0.25) is 0 Å². The van der Waals surface area contributed by atoms with Crippen molar-refractivity contribution in [2.75, 3.05) is 0 Å². The Bertz CT molecular complexity index is 343. The van der Waals surface area contributed by atoms with Crippen LogP contribution in [0.4, 0.5) is 0 Å². The third-order valence-electron chi connectivity index (χ3n) is 0. The summed E-state index contributed by atoms with van der Waals surface area (Å²) in [4.78, 5) is 0. The molecule has 18 heavy (non-hydrogen) atoms. The van der Waals surface area contributed by atoms with E-state index in [2.05, 4.69) is 0 Å². The molecule has 96 valence electrons. The number of hydrogen-bond donors (Lipinski definition) is 0. The van der Waals surface area contributed by atoms with Crippen LogP contribution in [0.3, 0.4) is 0 Å². The monoisotopic (exact) mass is 408 g/mol. The molecule has 0 saturated carbocycles. The molecule has 0 rings (SSSR count). The maximum absolute atomic E-state index is 8.52. The maximum atomic E-state index is 8.52. The van der Waals surface area contributed by atoms with Crippen molar-refractivity contribution < 1.29 is 52.6 Å². The van der Waals surface area contributed by atoms with Gasteiger partial charge in [0.05, 0.1) is 0 Å². The number of hydrogen-bond acceptors (Lipinski definition) is 12. The van der Waals surface area contributed by atoms with E-state index < -0.39 is 31.2 Å². The molecule has 0 aliphatic carbocycles. The van der Waals surface area contributed by atoms with Gasteiger partial charge in [-0.25, -0.2) is 0 Å². The molecular weight excluding hydrogens is 408 g/mol. The zero-order valence-electron chi connectivity index (χ0n) is 8.25. The molecule has 0 spiro atoms. The quantitative estimate of drug-likeness (QED) is 0.207. The molecule has 0 aliphatic rings. The molecule has 0 aromatic carbocycles. The summed E-state index contributed by atoms with van der Waals surface area (Å²) in [5.41, 5.74) is 0. The van der Waals surface area contributed by atoms with Crippen LogP contribution in [-0.2, 0) is 31.2 Å². The van der Waals surface area contributed by atoms with Crippen molar-refractivity contribution in [2.45, 2.75) is 0 Å². The van der Waals surface area contributed by atoms with Crippen LogP contribution in [0.25, 0.3) is 0 Å². The molecule has 0 atom stereocenters. The average molecular weight is 408 g/mol. The van der Waals surface area contributed by atoms with Crippen molar-refractivity contribution >= 4 is 144 Å². The second-order valence-electron chi connectivity index (χ2n) is 1.22. The van der Waals surface area contributed by atoms with Crippen molar-refractivity contribution in [3.63, 3.8) is 0 Å². The SMILES string of the molecule is O=S(=O)([O-])[O-].O=S(=O)([O-])[O-].O=S(=O)([O-])[O-].[Ca+2].[Ca+2].[Ca+2]. The summed E-state index contributed by atoms with van der Waals surface area (Å²) in [6.45, 7) is 0. The predicted octanol–water partition coefficient (Wildman–Crippen LogP) is -5.16. The standard InChI is InChI=1S/3Ca.3H2O4S/c;;;3*1-5(2,3)4/h;;;3*(H2,1,2,3,4)/q3*+2;;;/p-6. The largest absolute Gasteiger partial charge is 2.00 e. The summed E-state index contributed by atoms with van der Waals surface area (Å²) in [7, 11) is -15.5. The van der Waals surface area contributed by atoms with Gasteiger partial charge in [0.1, 0.15) is 0 Å². The van der Waals surface area contributed by atoms with Gasteiger partial charge in [0.25, 0.3) is 0 Å². The average Bonchev–Trinajstić information content (AvgIpc) is 1.41. The molecule has 0 aliphatic heterocycles. The molecule has 0 radical (unpaired) electrons.